The lowest BCUT2D eigenvalue weighted by Crippen LogP contribution is -2.21. The van der Waals surface area contributed by atoms with Crippen molar-refractivity contribution < 1.29 is 23.8 Å². The van der Waals surface area contributed by atoms with Gasteiger partial charge < -0.3 is 19.5 Å². The summed E-state index contributed by atoms with van der Waals surface area (Å²) in [4.78, 5) is 28.1. The summed E-state index contributed by atoms with van der Waals surface area (Å²) in [5.74, 6) is -0.0728. The van der Waals surface area contributed by atoms with E-state index >= 15 is 0 Å². The number of aromatic nitrogens is 3. The highest BCUT2D eigenvalue weighted by molar-refractivity contribution is 5.96. The van der Waals surface area contributed by atoms with Crippen LogP contribution in [0.15, 0.2) is 55.1 Å². The summed E-state index contributed by atoms with van der Waals surface area (Å²) < 4.78 is 16.9. The molecular formula is C19H18N4O5. The zero-order chi connectivity index (χ0) is 19.9. The summed E-state index contributed by atoms with van der Waals surface area (Å²) in [7, 11) is 3.01. The van der Waals surface area contributed by atoms with Gasteiger partial charge >= 0.3 is 5.97 Å². The minimum atomic E-state index is -0.609. The van der Waals surface area contributed by atoms with E-state index in [9.17, 15) is 9.59 Å². The molecule has 0 bridgehead atoms. The zero-order valence-electron chi connectivity index (χ0n) is 15.3. The average Bonchev–Trinajstić information content (AvgIpc) is 3.27. The second-order valence-corrected chi connectivity index (χ2v) is 5.58. The van der Waals surface area contributed by atoms with Crippen molar-refractivity contribution in [1.29, 1.82) is 0 Å². The molecule has 1 heterocycles. The van der Waals surface area contributed by atoms with E-state index in [0.29, 0.717) is 22.7 Å². The second kappa shape index (κ2) is 8.67. The van der Waals surface area contributed by atoms with Gasteiger partial charge in [0, 0.05) is 6.07 Å². The molecule has 1 aromatic heterocycles. The maximum Gasteiger partial charge on any atom is 0.338 e. The number of hydrogen-bond acceptors (Lipinski definition) is 7. The lowest BCUT2D eigenvalue weighted by molar-refractivity contribution is -0.119. The van der Waals surface area contributed by atoms with E-state index in [1.807, 2.05) is 0 Å². The van der Waals surface area contributed by atoms with Gasteiger partial charge in [-0.05, 0) is 36.4 Å². The molecule has 0 aliphatic carbocycles. The monoisotopic (exact) mass is 382 g/mol. The molecule has 9 nitrogen and oxygen atoms in total. The van der Waals surface area contributed by atoms with Gasteiger partial charge in [-0.2, -0.15) is 5.10 Å². The predicted molar refractivity (Wildman–Crippen MR) is 99.8 cm³/mol. The second-order valence-electron chi connectivity index (χ2n) is 5.58. The molecule has 3 aromatic rings. The third-order valence-electron chi connectivity index (χ3n) is 3.80. The van der Waals surface area contributed by atoms with Gasteiger partial charge in [0.15, 0.2) is 6.61 Å². The highest BCUT2D eigenvalue weighted by Crippen LogP contribution is 2.28. The number of carbonyl (C=O) groups excluding carboxylic acids is 2. The van der Waals surface area contributed by atoms with Gasteiger partial charge in [0.05, 0.1) is 31.2 Å². The summed E-state index contributed by atoms with van der Waals surface area (Å²) in [5.41, 5.74) is 1.51. The SMILES string of the molecule is COc1ccc(NC(=O)COC(=O)c2ccc(-n3cncn3)cc2)c(OC)c1. The van der Waals surface area contributed by atoms with Crippen LogP contribution in [0.4, 0.5) is 5.69 Å². The number of methoxy groups -OCH3 is 2. The highest BCUT2D eigenvalue weighted by atomic mass is 16.5. The normalized spacial score (nSPS) is 10.2. The van der Waals surface area contributed by atoms with Crippen LogP contribution < -0.4 is 14.8 Å². The number of nitrogens with zero attached hydrogens (tertiary/aromatic N) is 3. The summed E-state index contributed by atoms with van der Waals surface area (Å²) in [5, 5.41) is 6.64. The van der Waals surface area contributed by atoms with Crippen LogP contribution in [0.2, 0.25) is 0 Å². The fourth-order valence-corrected chi connectivity index (χ4v) is 2.39. The van der Waals surface area contributed by atoms with Crippen molar-refractivity contribution in [3.8, 4) is 17.2 Å². The van der Waals surface area contributed by atoms with Crippen LogP contribution in [0.25, 0.3) is 5.69 Å². The number of anilines is 1. The first kappa shape index (κ1) is 18.9. The zero-order valence-corrected chi connectivity index (χ0v) is 15.3. The Hall–Kier alpha value is -3.88. The van der Waals surface area contributed by atoms with Crippen LogP contribution in [0, 0.1) is 0 Å². The van der Waals surface area contributed by atoms with E-state index < -0.39 is 18.5 Å². The van der Waals surface area contributed by atoms with Crippen LogP contribution in [0.1, 0.15) is 10.4 Å². The Labute approximate surface area is 160 Å². The number of esters is 1. The minimum Gasteiger partial charge on any atom is -0.497 e. The third-order valence-corrected chi connectivity index (χ3v) is 3.80. The number of benzene rings is 2. The van der Waals surface area contributed by atoms with Crippen molar-refractivity contribution in [2.45, 2.75) is 0 Å². The van der Waals surface area contributed by atoms with Crippen LogP contribution >= 0.6 is 0 Å². The molecule has 1 N–H and O–H groups in total. The lowest BCUT2D eigenvalue weighted by Gasteiger charge is -2.12. The molecule has 9 heteroatoms. The Morgan fingerprint density at radius 1 is 1.07 bits per heavy atom. The van der Waals surface area contributed by atoms with Crippen molar-refractivity contribution in [2.24, 2.45) is 0 Å². The highest BCUT2D eigenvalue weighted by Gasteiger charge is 2.13. The molecular weight excluding hydrogens is 364 g/mol. The molecule has 144 valence electrons. The van der Waals surface area contributed by atoms with Crippen molar-refractivity contribution in [3.05, 3.63) is 60.7 Å². The first-order valence-corrected chi connectivity index (χ1v) is 8.25. The fraction of sp³-hybridized carbons (Fsp3) is 0.158. The van der Waals surface area contributed by atoms with Gasteiger partial charge in [-0.15, -0.1) is 0 Å². The maximum atomic E-state index is 12.1. The standard InChI is InChI=1S/C19H18N4O5/c1-26-15-7-8-16(17(9-15)27-2)22-18(24)10-28-19(25)13-3-5-14(6-4-13)23-12-20-11-21-23/h3-9,11-12H,10H2,1-2H3,(H,22,24). The lowest BCUT2D eigenvalue weighted by atomic mass is 10.2. The number of hydrogen-bond donors (Lipinski definition) is 1. The first-order valence-electron chi connectivity index (χ1n) is 8.25. The summed E-state index contributed by atoms with van der Waals surface area (Å²) in [6.07, 6.45) is 2.96. The molecule has 0 fully saturated rings. The van der Waals surface area contributed by atoms with Gasteiger partial charge in [-0.3, -0.25) is 4.79 Å². The van der Waals surface area contributed by atoms with Gasteiger partial charge in [-0.25, -0.2) is 14.5 Å². The summed E-state index contributed by atoms with van der Waals surface area (Å²) in [6, 6.07) is 11.5. The largest absolute Gasteiger partial charge is 0.497 e. The van der Waals surface area contributed by atoms with Crippen LogP contribution in [0.5, 0.6) is 11.5 Å². The molecule has 0 saturated carbocycles. The number of nitrogens with one attached hydrogen (secondary N) is 1. The Morgan fingerprint density at radius 3 is 2.50 bits per heavy atom. The summed E-state index contributed by atoms with van der Waals surface area (Å²) >= 11 is 0. The van der Waals surface area contributed by atoms with Gasteiger partial charge in [0.1, 0.15) is 24.2 Å². The van der Waals surface area contributed by atoms with Crippen LogP contribution in [-0.4, -0.2) is 47.5 Å². The van der Waals surface area contributed by atoms with E-state index in [-0.39, 0.29) is 0 Å². The Kier molecular flexibility index (Phi) is 5.85. The number of rotatable bonds is 7. The molecule has 0 atom stereocenters. The predicted octanol–water partition coefficient (Wildman–Crippen LogP) is 2.08. The fourth-order valence-electron chi connectivity index (χ4n) is 2.39. The third kappa shape index (κ3) is 4.44. The molecule has 3 rings (SSSR count). The van der Waals surface area contributed by atoms with E-state index in [1.165, 1.54) is 20.5 Å². The van der Waals surface area contributed by atoms with Crippen LogP contribution in [0.3, 0.4) is 0 Å². The molecule has 0 spiro atoms. The molecule has 0 unspecified atom stereocenters. The number of carbonyl (C=O) groups is 2. The molecule has 0 saturated heterocycles. The average molecular weight is 382 g/mol. The van der Waals surface area contributed by atoms with Crippen molar-refractivity contribution >= 4 is 17.6 Å². The van der Waals surface area contributed by atoms with Crippen LogP contribution in [-0.2, 0) is 9.53 Å². The molecule has 0 aliphatic heterocycles. The Balaban J connectivity index is 1.56. The molecule has 28 heavy (non-hydrogen) atoms. The van der Waals surface area contributed by atoms with Crippen molar-refractivity contribution in [3.63, 3.8) is 0 Å². The maximum absolute atomic E-state index is 12.1. The Morgan fingerprint density at radius 2 is 1.86 bits per heavy atom. The topological polar surface area (TPSA) is 105 Å². The molecule has 0 aliphatic rings. The van der Waals surface area contributed by atoms with E-state index in [0.717, 1.165) is 5.69 Å². The first-order chi connectivity index (χ1) is 13.6. The number of amides is 1. The number of ether oxygens (including phenoxy) is 3. The van der Waals surface area contributed by atoms with Gasteiger partial charge in [0.2, 0.25) is 0 Å². The van der Waals surface area contributed by atoms with E-state index in [1.54, 1.807) is 53.5 Å². The smallest absolute Gasteiger partial charge is 0.338 e. The summed E-state index contributed by atoms with van der Waals surface area (Å²) in [6.45, 7) is -0.432. The minimum absolute atomic E-state index is 0.318. The van der Waals surface area contributed by atoms with Gasteiger partial charge in [-0.1, -0.05) is 0 Å². The van der Waals surface area contributed by atoms with Gasteiger partial charge in [0.25, 0.3) is 5.91 Å². The quantitative estimate of drug-likeness (QED) is 0.624. The molecule has 0 radical (unpaired) electrons. The Bertz CT molecular complexity index is 955. The van der Waals surface area contributed by atoms with Crippen molar-refractivity contribution in [2.75, 3.05) is 26.1 Å². The molecule has 1 amide bonds. The molecule has 2 aromatic carbocycles. The van der Waals surface area contributed by atoms with Crippen molar-refractivity contribution in [1.82, 2.24) is 14.8 Å². The van der Waals surface area contributed by atoms with E-state index in [4.69, 9.17) is 14.2 Å². The van der Waals surface area contributed by atoms with E-state index in [2.05, 4.69) is 15.4 Å².